The first kappa shape index (κ1) is 10.1. The number of aromatic nitrogens is 1. The molecule has 0 saturated carbocycles. The normalized spacial score (nSPS) is 10.5. The average Bonchev–Trinajstić information content (AvgIpc) is 2.62. The Morgan fingerprint density at radius 3 is 3.07 bits per heavy atom. The molecule has 1 heterocycles. The van der Waals surface area contributed by atoms with Gasteiger partial charge >= 0.3 is 5.97 Å². The van der Waals surface area contributed by atoms with Crippen LogP contribution in [-0.2, 0) is 16.0 Å². The van der Waals surface area contributed by atoms with Gasteiger partial charge in [0.1, 0.15) is 0 Å². The van der Waals surface area contributed by atoms with Gasteiger partial charge in [0.2, 0.25) is 0 Å². The Bertz CT molecular complexity index is 478. The number of carbonyl (C=O) groups is 1. The van der Waals surface area contributed by atoms with Gasteiger partial charge in [0.05, 0.1) is 23.4 Å². The number of hydrogen-bond acceptors (Lipinski definition) is 4. The van der Waals surface area contributed by atoms with Crippen LogP contribution in [0.1, 0.15) is 12.6 Å². The maximum Gasteiger partial charge on any atom is 0.311 e. The standard InChI is InChI=1S/C11H11NO2S/c1-2-14-11(13)7-9-8-5-3-4-6-10(8)15-12-9/h3-6H,2,7H2,1H3. The van der Waals surface area contributed by atoms with Gasteiger partial charge in [-0.15, -0.1) is 0 Å². The van der Waals surface area contributed by atoms with Gasteiger partial charge in [-0.2, -0.15) is 4.37 Å². The quantitative estimate of drug-likeness (QED) is 0.747. The van der Waals surface area contributed by atoms with Crippen LogP contribution in [0.15, 0.2) is 24.3 Å². The molecule has 0 unspecified atom stereocenters. The summed E-state index contributed by atoms with van der Waals surface area (Å²) in [5.74, 6) is -0.214. The van der Waals surface area contributed by atoms with E-state index in [1.807, 2.05) is 24.3 Å². The van der Waals surface area contributed by atoms with Crippen molar-refractivity contribution in [2.24, 2.45) is 0 Å². The Morgan fingerprint density at radius 2 is 2.27 bits per heavy atom. The highest BCUT2D eigenvalue weighted by molar-refractivity contribution is 7.13. The molecule has 0 bridgehead atoms. The summed E-state index contributed by atoms with van der Waals surface area (Å²) < 4.78 is 10.3. The lowest BCUT2D eigenvalue weighted by molar-refractivity contribution is -0.142. The van der Waals surface area contributed by atoms with E-state index >= 15 is 0 Å². The third-order valence-electron chi connectivity index (χ3n) is 2.07. The highest BCUT2D eigenvalue weighted by atomic mass is 32.1. The van der Waals surface area contributed by atoms with Crippen LogP contribution in [0.5, 0.6) is 0 Å². The van der Waals surface area contributed by atoms with Crippen molar-refractivity contribution in [1.29, 1.82) is 0 Å². The smallest absolute Gasteiger partial charge is 0.311 e. The first-order valence-electron chi connectivity index (χ1n) is 4.80. The molecule has 0 aliphatic carbocycles. The molecule has 15 heavy (non-hydrogen) atoms. The lowest BCUT2D eigenvalue weighted by Gasteiger charge is -1.99. The van der Waals surface area contributed by atoms with E-state index in [2.05, 4.69) is 4.37 Å². The number of benzene rings is 1. The molecule has 0 N–H and O–H groups in total. The van der Waals surface area contributed by atoms with Crippen molar-refractivity contribution in [3.63, 3.8) is 0 Å². The summed E-state index contributed by atoms with van der Waals surface area (Å²) >= 11 is 1.42. The third-order valence-corrected chi connectivity index (χ3v) is 2.93. The highest BCUT2D eigenvalue weighted by Crippen LogP contribution is 2.22. The maximum absolute atomic E-state index is 11.3. The van der Waals surface area contributed by atoms with Crippen LogP contribution < -0.4 is 0 Å². The van der Waals surface area contributed by atoms with Crippen molar-refractivity contribution in [3.8, 4) is 0 Å². The number of carbonyl (C=O) groups excluding carboxylic acids is 1. The Labute approximate surface area is 91.8 Å². The van der Waals surface area contributed by atoms with E-state index in [0.717, 1.165) is 15.8 Å². The average molecular weight is 221 g/mol. The summed E-state index contributed by atoms with van der Waals surface area (Å²) in [4.78, 5) is 11.3. The van der Waals surface area contributed by atoms with Crippen molar-refractivity contribution in [1.82, 2.24) is 4.37 Å². The number of hydrogen-bond donors (Lipinski definition) is 0. The molecule has 1 aromatic carbocycles. The Balaban J connectivity index is 2.25. The number of esters is 1. The zero-order valence-corrected chi connectivity index (χ0v) is 9.21. The van der Waals surface area contributed by atoms with E-state index in [-0.39, 0.29) is 12.4 Å². The summed E-state index contributed by atoms with van der Waals surface area (Å²) in [7, 11) is 0. The van der Waals surface area contributed by atoms with Crippen LogP contribution in [0.4, 0.5) is 0 Å². The second kappa shape index (κ2) is 4.40. The summed E-state index contributed by atoms with van der Waals surface area (Å²) in [6, 6.07) is 7.90. The molecular formula is C11H11NO2S. The molecule has 0 spiro atoms. The molecule has 0 atom stereocenters. The van der Waals surface area contributed by atoms with Crippen LogP contribution >= 0.6 is 11.5 Å². The van der Waals surface area contributed by atoms with Crippen LogP contribution in [0.2, 0.25) is 0 Å². The number of ether oxygens (including phenoxy) is 1. The predicted octanol–water partition coefficient (Wildman–Crippen LogP) is 2.40. The van der Waals surface area contributed by atoms with Gasteiger partial charge in [-0.05, 0) is 24.5 Å². The minimum atomic E-state index is -0.214. The molecule has 0 saturated heterocycles. The molecule has 0 aliphatic rings. The molecule has 0 fully saturated rings. The Morgan fingerprint density at radius 1 is 1.47 bits per heavy atom. The van der Waals surface area contributed by atoms with Crippen LogP contribution in [0, 0.1) is 0 Å². The maximum atomic E-state index is 11.3. The van der Waals surface area contributed by atoms with Crippen molar-refractivity contribution >= 4 is 27.6 Å². The van der Waals surface area contributed by atoms with Crippen LogP contribution in [-0.4, -0.2) is 16.9 Å². The summed E-state index contributed by atoms with van der Waals surface area (Å²) in [6.45, 7) is 2.22. The number of fused-ring (bicyclic) bond motifs is 1. The largest absolute Gasteiger partial charge is 0.466 e. The van der Waals surface area contributed by atoms with Gasteiger partial charge in [-0.1, -0.05) is 18.2 Å². The van der Waals surface area contributed by atoms with Gasteiger partial charge in [-0.25, -0.2) is 0 Å². The topological polar surface area (TPSA) is 39.2 Å². The first-order valence-corrected chi connectivity index (χ1v) is 5.57. The van der Waals surface area contributed by atoms with E-state index in [1.165, 1.54) is 11.5 Å². The summed E-state index contributed by atoms with van der Waals surface area (Å²) in [5, 5.41) is 1.05. The van der Waals surface area contributed by atoms with Gasteiger partial charge in [0, 0.05) is 5.39 Å². The van der Waals surface area contributed by atoms with Crippen LogP contribution in [0.3, 0.4) is 0 Å². The number of nitrogens with zero attached hydrogens (tertiary/aromatic N) is 1. The summed E-state index contributed by atoms with van der Waals surface area (Å²) in [6.07, 6.45) is 0.262. The molecule has 0 radical (unpaired) electrons. The van der Waals surface area contributed by atoms with E-state index in [4.69, 9.17) is 4.74 Å². The van der Waals surface area contributed by atoms with Gasteiger partial charge < -0.3 is 4.74 Å². The monoisotopic (exact) mass is 221 g/mol. The molecule has 2 rings (SSSR count). The Hall–Kier alpha value is -1.42. The fraction of sp³-hybridized carbons (Fsp3) is 0.273. The van der Waals surface area contributed by atoms with Gasteiger partial charge in [0.15, 0.2) is 0 Å². The molecule has 4 heteroatoms. The summed E-state index contributed by atoms with van der Waals surface area (Å²) in [5.41, 5.74) is 0.814. The lowest BCUT2D eigenvalue weighted by atomic mass is 10.2. The van der Waals surface area contributed by atoms with E-state index in [0.29, 0.717) is 6.61 Å². The molecule has 1 aromatic heterocycles. The van der Waals surface area contributed by atoms with Crippen molar-refractivity contribution in [3.05, 3.63) is 30.0 Å². The third kappa shape index (κ3) is 2.15. The second-order valence-corrected chi connectivity index (χ2v) is 3.91. The first-order chi connectivity index (χ1) is 7.31. The van der Waals surface area contributed by atoms with Gasteiger partial charge in [0.25, 0.3) is 0 Å². The lowest BCUT2D eigenvalue weighted by Crippen LogP contribution is -2.07. The SMILES string of the molecule is CCOC(=O)Cc1nsc2ccccc12. The molecule has 0 amide bonds. The zero-order valence-electron chi connectivity index (χ0n) is 8.40. The van der Waals surface area contributed by atoms with Crippen molar-refractivity contribution < 1.29 is 9.53 Å². The molecular weight excluding hydrogens is 210 g/mol. The van der Waals surface area contributed by atoms with Crippen LogP contribution in [0.25, 0.3) is 10.1 Å². The second-order valence-electron chi connectivity index (χ2n) is 3.11. The minimum absolute atomic E-state index is 0.214. The zero-order chi connectivity index (χ0) is 10.7. The Kier molecular flexibility index (Phi) is 2.97. The van der Waals surface area contributed by atoms with Crippen molar-refractivity contribution in [2.75, 3.05) is 6.61 Å². The fourth-order valence-corrected chi connectivity index (χ4v) is 2.21. The predicted molar refractivity (Wildman–Crippen MR) is 60.0 cm³/mol. The molecule has 0 aliphatic heterocycles. The molecule has 3 nitrogen and oxygen atoms in total. The fourth-order valence-electron chi connectivity index (χ4n) is 1.41. The number of rotatable bonds is 3. The van der Waals surface area contributed by atoms with Crippen molar-refractivity contribution in [2.45, 2.75) is 13.3 Å². The minimum Gasteiger partial charge on any atom is -0.466 e. The van der Waals surface area contributed by atoms with Gasteiger partial charge in [-0.3, -0.25) is 4.79 Å². The van der Waals surface area contributed by atoms with E-state index in [9.17, 15) is 4.79 Å². The highest BCUT2D eigenvalue weighted by Gasteiger charge is 2.10. The van der Waals surface area contributed by atoms with E-state index < -0.39 is 0 Å². The molecule has 78 valence electrons. The molecule has 2 aromatic rings. The van der Waals surface area contributed by atoms with E-state index in [1.54, 1.807) is 6.92 Å².